The summed E-state index contributed by atoms with van der Waals surface area (Å²) in [6.45, 7) is 11.0. The Hall–Kier alpha value is -1.39. The predicted molar refractivity (Wildman–Crippen MR) is 95.2 cm³/mol. The van der Waals surface area contributed by atoms with Crippen molar-refractivity contribution in [3.8, 4) is 0 Å². The predicted octanol–water partition coefficient (Wildman–Crippen LogP) is 2.68. The largest absolute Gasteiger partial charge is 0.350 e. The third kappa shape index (κ3) is 4.33. The van der Waals surface area contributed by atoms with E-state index in [4.69, 9.17) is 0 Å². The van der Waals surface area contributed by atoms with Crippen LogP contribution in [0, 0.1) is 0 Å². The fourth-order valence-corrected chi connectivity index (χ4v) is 3.38. The molecule has 0 aromatic heterocycles. The van der Waals surface area contributed by atoms with E-state index in [1.54, 1.807) is 0 Å². The third-order valence-electron chi connectivity index (χ3n) is 5.13. The van der Waals surface area contributed by atoms with E-state index in [1.807, 2.05) is 0 Å². The Kier molecular flexibility index (Phi) is 6.60. The summed E-state index contributed by atoms with van der Waals surface area (Å²) < 4.78 is 0. The van der Waals surface area contributed by atoms with Crippen molar-refractivity contribution < 1.29 is 4.79 Å². The van der Waals surface area contributed by atoms with Gasteiger partial charge in [0.15, 0.2) is 0 Å². The number of carbonyl (C=O) groups is 1. The van der Waals surface area contributed by atoms with E-state index in [-0.39, 0.29) is 11.4 Å². The summed E-state index contributed by atoms with van der Waals surface area (Å²) in [6, 6.07) is 8.43. The SMILES string of the molecule is CCN(CC)Cc1ccccc1CNC(=O)C1(CC)CCCN1. The summed E-state index contributed by atoms with van der Waals surface area (Å²) in [7, 11) is 0. The molecule has 0 aliphatic carbocycles. The maximum atomic E-state index is 12.6. The summed E-state index contributed by atoms with van der Waals surface area (Å²) in [5.74, 6) is 0.148. The van der Waals surface area contributed by atoms with E-state index < -0.39 is 0 Å². The molecule has 1 aromatic carbocycles. The number of nitrogens with zero attached hydrogens (tertiary/aromatic N) is 1. The van der Waals surface area contributed by atoms with Crippen LogP contribution in [-0.2, 0) is 17.9 Å². The highest BCUT2D eigenvalue weighted by atomic mass is 16.2. The topological polar surface area (TPSA) is 44.4 Å². The Morgan fingerprint density at radius 3 is 2.48 bits per heavy atom. The zero-order valence-electron chi connectivity index (χ0n) is 14.8. The van der Waals surface area contributed by atoms with Crippen LogP contribution in [0.5, 0.6) is 0 Å². The lowest BCUT2D eigenvalue weighted by Crippen LogP contribution is -2.52. The molecule has 1 amide bonds. The maximum Gasteiger partial charge on any atom is 0.240 e. The fourth-order valence-electron chi connectivity index (χ4n) is 3.38. The lowest BCUT2D eigenvalue weighted by atomic mass is 9.93. The number of benzene rings is 1. The van der Waals surface area contributed by atoms with Crippen LogP contribution in [0.3, 0.4) is 0 Å². The molecular weight excluding hydrogens is 286 g/mol. The molecule has 4 heteroatoms. The molecule has 2 rings (SSSR count). The first-order chi connectivity index (χ1) is 11.1. The number of hydrogen-bond donors (Lipinski definition) is 2. The van der Waals surface area contributed by atoms with E-state index in [9.17, 15) is 4.79 Å². The van der Waals surface area contributed by atoms with E-state index in [2.05, 4.69) is 60.6 Å². The van der Waals surface area contributed by atoms with Crippen LogP contribution < -0.4 is 10.6 Å². The number of nitrogens with one attached hydrogen (secondary N) is 2. The second-order valence-electron chi connectivity index (χ2n) is 6.38. The van der Waals surface area contributed by atoms with Gasteiger partial charge in [0, 0.05) is 13.1 Å². The van der Waals surface area contributed by atoms with Crippen molar-refractivity contribution in [2.75, 3.05) is 19.6 Å². The average molecular weight is 317 g/mol. The van der Waals surface area contributed by atoms with Gasteiger partial charge in [-0.05, 0) is 50.0 Å². The lowest BCUT2D eigenvalue weighted by molar-refractivity contribution is -0.127. The molecule has 0 spiro atoms. The molecule has 128 valence electrons. The highest BCUT2D eigenvalue weighted by molar-refractivity contribution is 5.86. The molecule has 4 nitrogen and oxygen atoms in total. The van der Waals surface area contributed by atoms with Crippen molar-refractivity contribution in [3.63, 3.8) is 0 Å². The van der Waals surface area contributed by atoms with Crippen LogP contribution in [0.25, 0.3) is 0 Å². The Bertz CT molecular complexity index is 505. The zero-order chi connectivity index (χ0) is 16.7. The molecule has 0 radical (unpaired) electrons. The van der Waals surface area contributed by atoms with Gasteiger partial charge < -0.3 is 10.6 Å². The number of carbonyl (C=O) groups excluding carboxylic acids is 1. The van der Waals surface area contributed by atoms with Gasteiger partial charge in [-0.3, -0.25) is 9.69 Å². The van der Waals surface area contributed by atoms with Crippen LogP contribution in [-0.4, -0.2) is 36.0 Å². The first-order valence-electron chi connectivity index (χ1n) is 8.97. The second-order valence-corrected chi connectivity index (χ2v) is 6.38. The summed E-state index contributed by atoms with van der Waals surface area (Å²) in [4.78, 5) is 15.0. The summed E-state index contributed by atoms with van der Waals surface area (Å²) in [5, 5.41) is 6.56. The Morgan fingerprint density at radius 1 is 1.22 bits per heavy atom. The van der Waals surface area contributed by atoms with Crippen molar-refractivity contribution in [1.82, 2.24) is 15.5 Å². The number of hydrogen-bond acceptors (Lipinski definition) is 3. The number of rotatable bonds is 8. The van der Waals surface area contributed by atoms with Gasteiger partial charge in [0.2, 0.25) is 5.91 Å². The summed E-state index contributed by atoms with van der Waals surface area (Å²) in [5.41, 5.74) is 2.17. The highest BCUT2D eigenvalue weighted by Gasteiger charge is 2.38. The molecule has 1 aromatic rings. The smallest absolute Gasteiger partial charge is 0.240 e. The van der Waals surface area contributed by atoms with E-state index >= 15 is 0 Å². The van der Waals surface area contributed by atoms with Gasteiger partial charge in [-0.15, -0.1) is 0 Å². The van der Waals surface area contributed by atoms with Gasteiger partial charge in [-0.1, -0.05) is 45.0 Å². The van der Waals surface area contributed by atoms with Crippen LogP contribution in [0.1, 0.15) is 51.2 Å². The molecule has 1 aliphatic heterocycles. The van der Waals surface area contributed by atoms with E-state index in [1.165, 1.54) is 11.1 Å². The standard InChI is InChI=1S/C19H31N3O/c1-4-19(12-9-13-21-19)18(23)20-14-16-10-7-8-11-17(16)15-22(5-2)6-3/h7-8,10-11,21H,4-6,9,12-15H2,1-3H3,(H,20,23). The van der Waals surface area contributed by atoms with Gasteiger partial charge >= 0.3 is 0 Å². The lowest BCUT2D eigenvalue weighted by Gasteiger charge is -2.27. The van der Waals surface area contributed by atoms with Crippen molar-refractivity contribution in [1.29, 1.82) is 0 Å². The highest BCUT2D eigenvalue weighted by Crippen LogP contribution is 2.23. The van der Waals surface area contributed by atoms with Gasteiger partial charge in [-0.2, -0.15) is 0 Å². The van der Waals surface area contributed by atoms with Crippen LogP contribution in [0.15, 0.2) is 24.3 Å². The average Bonchev–Trinajstić information content (AvgIpc) is 3.08. The molecule has 1 aliphatic rings. The molecule has 1 heterocycles. The van der Waals surface area contributed by atoms with Gasteiger partial charge in [0.25, 0.3) is 0 Å². The monoisotopic (exact) mass is 317 g/mol. The molecule has 1 atom stereocenters. The number of amides is 1. The molecule has 23 heavy (non-hydrogen) atoms. The van der Waals surface area contributed by atoms with Crippen molar-refractivity contribution >= 4 is 5.91 Å². The van der Waals surface area contributed by atoms with Crippen LogP contribution in [0.2, 0.25) is 0 Å². The molecule has 1 fully saturated rings. The van der Waals surface area contributed by atoms with Crippen LogP contribution >= 0.6 is 0 Å². The first kappa shape index (κ1) is 18.0. The Labute approximate surface area is 140 Å². The maximum absolute atomic E-state index is 12.6. The minimum Gasteiger partial charge on any atom is -0.350 e. The Morgan fingerprint density at radius 2 is 1.91 bits per heavy atom. The summed E-state index contributed by atoms with van der Waals surface area (Å²) in [6.07, 6.45) is 2.87. The third-order valence-corrected chi connectivity index (χ3v) is 5.13. The molecule has 0 saturated carbocycles. The van der Waals surface area contributed by atoms with E-state index in [0.717, 1.165) is 45.4 Å². The van der Waals surface area contributed by atoms with Gasteiger partial charge in [0.05, 0.1) is 5.54 Å². The molecule has 1 unspecified atom stereocenters. The van der Waals surface area contributed by atoms with E-state index in [0.29, 0.717) is 6.54 Å². The fraction of sp³-hybridized carbons (Fsp3) is 0.632. The summed E-state index contributed by atoms with van der Waals surface area (Å²) >= 11 is 0. The first-order valence-corrected chi connectivity index (χ1v) is 8.97. The van der Waals surface area contributed by atoms with Crippen LogP contribution in [0.4, 0.5) is 0 Å². The molecular formula is C19H31N3O. The zero-order valence-corrected chi connectivity index (χ0v) is 14.8. The minimum atomic E-state index is -0.353. The van der Waals surface area contributed by atoms with Crippen molar-refractivity contribution in [2.24, 2.45) is 0 Å². The molecule has 2 N–H and O–H groups in total. The van der Waals surface area contributed by atoms with Crippen molar-refractivity contribution in [2.45, 2.75) is 58.7 Å². The quantitative estimate of drug-likeness (QED) is 0.775. The van der Waals surface area contributed by atoms with Gasteiger partial charge in [-0.25, -0.2) is 0 Å². The normalized spacial score (nSPS) is 20.9. The molecule has 0 bridgehead atoms. The minimum absolute atomic E-state index is 0.148. The molecule has 1 saturated heterocycles. The van der Waals surface area contributed by atoms with Crippen molar-refractivity contribution in [3.05, 3.63) is 35.4 Å². The Balaban J connectivity index is 2.01. The van der Waals surface area contributed by atoms with Gasteiger partial charge in [0.1, 0.15) is 0 Å². The second kappa shape index (κ2) is 8.46.